The minimum atomic E-state index is -4.66. The standard InChI is InChI=1S/C21H29N7O.C18H26F3NO/c1-21(2,3)17-11-15-13-28(20(29)27-18(15)26-17)16-7-5-14(6-8-16)12-24-9-4-10-25-19(22)23;1-17(2,3)14-9-12(5-4-6-16(22)13-7-8-13)10-15(11-14)23-18(19,20)21/h5-8,11,13,24H,4,9-10,12H2,1-3H3,(H4,22,23,25)(H,26,27,29);9-11,13,16H,4-8,22H2,1-3H3/t;16-/m.0/s1. The number of H-pyrrole nitrogens is 1. The van der Waals surface area contributed by atoms with Crippen LogP contribution in [0.5, 0.6) is 5.75 Å². The van der Waals surface area contributed by atoms with Crippen LogP contribution >= 0.6 is 0 Å². The maximum atomic E-state index is 12.5. The van der Waals surface area contributed by atoms with E-state index in [0.717, 1.165) is 72.2 Å². The number of aryl methyl sites for hydroxylation is 1. The molecule has 0 bridgehead atoms. The number of hydrogen-bond acceptors (Lipinski definition) is 6. The van der Waals surface area contributed by atoms with Crippen LogP contribution in [0.15, 0.2) is 64.5 Å². The number of aromatic amines is 1. The molecule has 2 aromatic heterocycles. The number of aliphatic imine (C=N–C) groups is 1. The van der Waals surface area contributed by atoms with Crippen molar-refractivity contribution in [2.45, 2.75) is 110 Å². The summed E-state index contributed by atoms with van der Waals surface area (Å²) in [5.74, 6) is 0.643. The SMILES string of the molecule is CC(C)(C)c1cc(CCC[C@H](N)C2CC2)cc(OC(F)(F)F)c1.CC(C)(C)c1cc2cn(-c3ccc(CNCCCN=C(N)N)cc3)c(=O)nc2[nH]1. The first-order valence-corrected chi connectivity index (χ1v) is 17.9. The highest BCUT2D eigenvalue weighted by molar-refractivity contribution is 5.76. The van der Waals surface area contributed by atoms with Crippen LogP contribution < -0.4 is 32.9 Å². The topological polar surface area (TPSA) is 162 Å². The van der Waals surface area contributed by atoms with Crippen molar-refractivity contribution in [1.29, 1.82) is 0 Å². The summed E-state index contributed by atoms with van der Waals surface area (Å²) in [5, 5.41) is 4.27. The van der Waals surface area contributed by atoms with Crippen LogP contribution in [0.2, 0.25) is 0 Å². The van der Waals surface area contributed by atoms with E-state index >= 15 is 0 Å². The normalized spacial score (nSPS) is 14.1. The maximum Gasteiger partial charge on any atom is 0.573 e. The van der Waals surface area contributed by atoms with Crippen molar-refractivity contribution < 1.29 is 17.9 Å². The van der Waals surface area contributed by atoms with Crippen molar-refractivity contribution in [3.05, 3.63) is 87.6 Å². The van der Waals surface area contributed by atoms with Gasteiger partial charge in [0, 0.05) is 41.8 Å². The number of nitrogens with zero attached hydrogens (tertiary/aromatic N) is 3. The molecular weight excluding hydrogens is 669 g/mol. The summed E-state index contributed by atoms with van der Waals surface area (Å²) in [6.07, 6.45) is 2.99. The Morgan fingerprint density at radius 1 is 1.00 bits per heavy atom. The molecule has 5 rings (SSSR count). The fourth-order valence-electron chi connectivity index (χ4n) is 5.74. The molecule has 0 amide bonds. The number of halogens is 3. The number of guanidine groups is 1. The Bertz CT molecular complexity index is 1840. The third-order valence-corrected chi connectivity index (χ3v) is 8.96. The first-order chi connectivity index (χ1) is 24.3. The minimum Gasteiger partial charge on any atom is -0.406 e. The number of benzene rings is 2. The molecule has 4 aromatic rings. The molecule has 1 atom stereocenters. The van der Waals surface area contributed by atoms with Gasteiger partial charge in [-0.05, 0) is 103 Å². The molecule has 8 N–H and O–H groups in total. The molecule has 0 unspecified atom stereocenters. The summed E-state index contributed by atoms with van der Waals surface area (Å²) >= 11 is 0. The summed E-state index contributed by atoms with van der Waals surface area (Å²) in [5.41, 5.74) is 21.4. The molecule has 0 radical (unpaired) electrons. The van der Waals surface area contributed by atoms with E-state index in [1.807, 2.05) is 57.3 Å². The fraction of sp³-hybridized carbons (Fsp3) is 0.513. The molecule has 2 aromatic carbocycles. The largest absolute Gasteiger partial charge is 0.573 e. The summed E-state index contributed by atoms with van der Waals surface area (Å²) in [4.78, 5) is 23.9. The van der Waals surface area contributed by atoms with Crippen LogP contribution in [0.3, 0.4) is 0 Å². The van der Waals surface area contributed by atoms with E-state index in [1.165, 1.54) is 25.0 Å². The molecule has 1 aliphatic carbocycles. The molecule has 0 spiro atoms. The van der Waals surface area contributed by atoms with Crippen LogP contribution in [0.25, 0.3) is 16.7 Å². The van der Waals surface area contributed by atoms with Crippen molar-refractivity contribution in [1.82, 2.24) is 19.9 Å². The van der Waals surface area contributed by atoms with Crippen molar-refractivity contribution >= 4 is 17.0 Å². The molecule has 10 nitrogen and oxygen atoms in total. The van der Waals surface area contributed by atoms with Gasteiger partial charge in [-0.2, -0.15) is 4.98 Å². The molecule has 13 heteroatoms. The Labute approximate surface area is 304 Å². The lowest BCUT2D eigenvalue weighted by Gasteiger charge is -2.22. The van der Waals surface area contributed by atoms with Gasteiger partial charge in [-0.15, -0.1) is 13.2 Å². The second-order valence-corrected chi connectivity index (χ2v) is 15.7. The highest BCUT2D eigenvalue weighted by Gasteiger charge is 2.32. The van der Waals surface area contributed by atoms with E-state index < -0.39 is 6.36 Å². The van der Waals surface area contributed by atoms with Crippen molar-refractivity contribution in [3.63, 3.8) is 0 Å². The van der Waals surface area contributed by atoms with Crippen LogP contribution in [0, 0.1) is 5.92 Å². The van der Waals surface area contributed by atoms with Gasteiger partial charge in [-0.1, -0.05) is 59.7 Å². The first-order valence-electron chi connectivity index (χ1n) is 17.9. The zero-order valence-corrected chi connectivity index (χ0v) is 31.2. The number of fused-ring (bicyclic) bond motifs is 1. The van der Waals surface area contributed by atoms with Gasteiger partial charge in [0.1, 0.15) is 11.4 Å². The number of ether oxygens (including phenoxy) is 1. The molecule has 0 saturated heterocycles. The highest BCUT2D eigenvalue weighted by atomic mass is 19.4. The Morgan fingerprint density at radius 3 is 2.29 bits per heavy atom. The average molecular weight is 725 g/mol. The Morgan fingerprint density at radius 2 is 1.69 bits per heavy atom. The smallest absolute Gasteiger partial charge is 0.406 e. The lowest BCUT2D eigenvalue weighted by atomic mass is 9.85. The van der Waals surface area contributed by atoms with Gasteiger partial charge in [-0.25, -0.2) is 4.79 Å². The van der Waals surface area contributed by atoms with Gasteiger partial charge < -0.3 is 32.2 Å². The number of hydrogen-bond donors (Lipinski definition) is 5. The maximum absolute atomic E-state index is 12.5. The molecular formula is C39H55F3N8O2. The minimum absolute atomic E-state index is 0.0352. The predicted octanol–water partition coefficient (Wildman–Crippen LogP) is 6.71. The first kappa shape index (κ1) is 40.4. The molecule has 1 saturated carbocycles. The number of aromatic nitrogens is 3. The molecule has 0 aliphatic heterocycles. The average Bonchev–Trinajstić information content (AvgIpc) is 3.80. The third kappa shape index (κ3) is 12.7. The van der Waals surface area contributed by atoms with Crippen molar-refractivity contribution in [2.75, 3.05) is 13.1 Å². The van der Waals surface area contributed by atoms with Gasteiger partial charge in [0.05, 0.1) is 5.69 Å². The molecule has 52 heavy (non-hydrogen) atoms. The van der Waals surface area contributed by atoms with E-state index in [1.54, 1.807) is 4.57 Å². The summed E-state index contributed by atoms with van der Waals surface area (Å²) in [6, 6.07) is 15.1. The Hall–Kier alpha value is -4.36. The van der Waals surface area contributed by atoms with Crippen LogP contribution in [0.1, 0.15) is 96.0 Å². The summed E-state index contributed by atoms with van der Waals surface area (Å²) < 4.78 is 43.3. The Balaban J connectivity index is 0.000000239. The molecule has 1 fully saturated rings. The van der Waals surface area contributed by atoms with Crippen LogP contribution in [0.4, 0.5) is 13.2 Å². The highest BCUT2D eigenvalue weighted by Crippen LogP contribution is 2.34. The van der Waals surface area contributed by atoms with Gasteiger partial charge in [0.2, 0.25) is 0 Å². The van der Waals surface area contributed by atoms with E-state index in [2.05, 4.69) is 51.9 Å². The predicted molar refractivity (Wildman–Crippen MR) is 203 cm³/mol. The van der Waals surface area contributed by atoms with Gasteiger partial charge in [0.25, 0.3) is 0 Å². The van der Waals surface area contributed by atoms with E-state index in [-0.39, 0.29) is 34.3 Å². The second kappa shape index (κ2) is 17.0. The van der Waals surface area contributed by atoms with Crippen LogP contribution in [-0.2, 0) is 23.8 Å². The van der Waals surface area contributed by atoms with Gasteiger partial charge in [0.15, 0.2) is 5.96 Å². The van der Waals surface area contributed by atoms with E-state index in [0.29, 0.717) is 18.1 Å². The van der Waals surface area contributed by atoms with Crippen molar-refractivity contribution in [3.8, 4) is 11.4 Å². The lowest BCUT2D eigenvalue weighted by molar-refractivity contribution is -0.274. The van der Waals surface area contributed by atoms with E-state index in [9.17, 15) is 18.0 Å². The zero-order valence-electron chi connectivity index (χ0n) is 31.2. The number of rotatable bonds is 13. The van der Waals surface area contributed by atoms with E-state index in [4.69, 9.17) is 17.2 Å². The van der Waals surface area contributed by atoms with Gasteiger partial charge >= 0.3 is 12.1 Å². The summed E-state index contributed by atoms with van der Waals surface area (Å²) in [6.45, 7) is 14.5. The monoisotopic (exact) mass is 724 g/mol. The summed E-state index contributed by atoms with van der Waals surface area (Å²) in [7, 11) is 0. The van der Waals surface area contributed by atoms with Gasteiger partial charge in [-0.3, -0.25) is 9.56 Å². The zero-order chi connectivity index (χ0) is 38.3. The second-order valence-electron chi connectivity index (χ2n) is 15.7. The number of nitrogens with two attached hydrogens (primary N) is 3. The van der Waals surface area contributed by atoms with Crippen LogP contribution in [-0.4, -0.2) is 46.0 Å². The quantitative estimate of drug-likeness (QED) is 0.0582. The number of nitrogens with one attached hydrogen (secondary N) is 2. The fourth-order valence-corrected chi connectivity index (χ4v) is 5.74. The molecule has 1 aliphatic rings. The van der Waals surface area contributed by atoms with Crippen molar-refractivity contribution in [2.24, 2.45) is 28.1 Å². The Kier molecular flexibility index (Phi) is 13.2. The molecule has 284 valence electrons. The lowest BCUT2D eigenvalue weighted by Crippen LogP contribution is -2.23. The molecule has 2 heterocycles. The number of alkyl halides is 3. The third-order valence-electron chi connectivity index (χ3n) is 8.96.